The molecule has 0 spiro atoms. The van der Waals surface area contributed by atoms with Crippen molar-refractivity contribution in [3.63, 3.8) is 0 Å². The number of aliphatic hydroxyl groups excluding tert-OH is 1. The first-order chi connectivity index (χ1) is 9.99. The fourth-order valence-corrected chi connectivity index (χ4v) is 4.27. The lowest BCUT2D eigenvalue weighted by Crippen LogP contribution is -2.13. The molecule has 0 atom stereocenters. The Hall–Kier alpha value is -1.15. The minimum absolute atomic E-state index is 0.0490. The molecular formula is C13H13ClN2O3S2. The van der Waals surface area contributed by atoms with Crippen molar-refractivity contribution in [1.82, 2.24) is 4.98 Å². The first-order valence-electron chi connectivity index (χ1n) is 6.37. The summed E-state index contributed by atoms with van der Waals surface area (Å²) < 4.78 is 27.0. The molecule has 1 aromatic heterocycles. The first-order valence-corrected chi connectivity index (χ1v) is 9.11. The summed E-state index contributed by atoms with van der Waals surface area (Å²) in [5.41, 5.74) is 1.44. The Morgan fingerprint density at radius 2 is 2.19 bits per heavy atom. The molecule has 0 saturated heterocycles. The van der Waals surface area contributed by atoms with Crippen LogP contribution in [-0.4, -0.2) is 18.5 Å². The molecule has 112 valence electrons. The number of halogens is 1. The number of aromatic nitrogens is 1. The van der Waals surface area contributed by atoms with Gasteiger partial charge in [-0.2, -0.15) is 0 Å². The van der Waals surface area contributed by atoms with E-state index in [2.05, 4.69) is 9.71 Å². The predicted molar refractivity (Wildman–Crippen MR) is 82.3 cm³/mol. The average molecular weight is 345 g/mol. The number of benzene rings is 1. The molecule has 0 radical (unpaired) electrons. The van der Waals surface area contributed by atoms with Crippen molar-refractivity contribution in [3.05, 3.63) is 39.9 Å². The number of hydrogen-bond donors (Lipinski definition) is 2. The van der Waals surface area contributed by atoms with Gasteiger partial charge in [-0.05, 0) is 30.5 Å². The number of sulfonamides is 1. The molecule has 1 aliphatic carbocycles. The van der Waals surface area contributed by atoms with Crippen LogP contribution in [0.15, 0.2) is 28.5 Å². The third-order valence-corrected chi connectivity index (χ3v) is 5.84. The zero-order valence-electron chi connectivity index (χ0n) is 10.9. The summed E-state index contributed by atoms with van der Waals surface area (Å²) in [6.45, 7) is -0.232. The van der Waals surface area contributed by atoms with Gasteiger partial charge in [0.2, 0.25) is 0 Å². The Labute approximate surface area is 131 Å². The maximum Gasteiger partial charge on any atom is 0.263 e. The van der Waals surface area contributed by atoms with Crippen LogP contribution in [0, 0.1) is 0 Å². The van der Waals surface area contributed by atoms with Crippen LogP contribution < -0.4 is 4.72 Å². The van der Waals surface area contributed by atoms with E-state index in [-0.39, 0.29) is 16.5 Å². The number of rotatable bonds is 5. The van der Waals surface area contributed by atoms with Gasteiger partial charge in [-0.25, -0.2) is 13.4 Å². The van der Waals surface area contributed by atoms with Crippen molar-refractivity contribution in [3.8, 4) is 0 Å². The van der Waals surface area contributed by atoms with Gasteiger partial charge in [0.05, 0.1) is 17.2 Å². The molecule has 5 nitrogen and oxygen atoms in total. The number of hydrogen-bond acceptors (Lipinski definition) is 5. The molecule has 0 amide bonds. The third-order valence-electron chi connectivity index (χ3n) is 3.24. The summed E-state index contributed by atoms with van der Waals surface area (Å²) >= 11 is 7.20. The van der Waals surface area contributed by atoms with E-state index in [1.165, 1.54) is 29.5 Å². The number of thiazole rings is 1. The van der Waals surface area contributed by atoms with Crippen LogP contribution in [0.3, 0.4) is 0 Å². The topological polar surface area (TPSA) is 79.3 Å². The fourth-order valence-electron chi connectivity index (χ4n) is 1.90. The van der Waals surface area contributed by atoms with Crippen molar-refractivity contribution in [2.24, 2.45) is 0 Å². The summed E-state index contributed by atoms with van der Waals surface area (Å²) in [6, 6.07) is 4.23. The second-order valence-corrected chi connectivity index (χ2v) is 7.82. The molecule has 1 saturated carbocycles. The predicted octanol–water partition coefficient (Wildman–Crippen LogP) is 2.97. The van der Waals surface area contributed by atoms with Gasteiger partial charge in [0.15, 0.2) is 5.13 Å². The molecule has 1 aliphatic rings. The van der Waals surface area contributed by atoms with Crippen LogP contribution in [0.25, 0.3) is 0 Å². The van der Waals surface area contributed by atoms with Crippen LogP contribution in [0.2, 0.25) is 5.02 Å². The monoisotopic (exact) mass is 344 g/mol. The van der Waals surface area contributed by atoms with Gasteiger partial charge in [0.25, 0.3) is 10.0 Å². The molecule has 1 aromatic carbocycles. The molecule has 1 fully saturated rings. The first kappa shape index (κ1) is 14.8. The molecule has 2 aromatic rings. The normalized spacial score (nSPS) is 15.1. The van der Waals surface area contributed by atoms with Crippen LogP contribution in [-0.2, 0) is 16.6 Å². The molecular weight excluding hydrogens is 332 g/mol. The van der Waals surface area contributed by atoms with E-state index in [0.717, 1.165) is 18.5 Å². The van der Waals surface area contributed by atoms with Crippen LogP contribution in [0.1, 0.15) is 30.0 Å². The Morgan fingerprint density at radius 3 is 2.81 bits per heavy atom. The van der Waals surface area contributed by atoms with Gasteiger partial charge in [-0.1, -0.05) is 17.7 Å². The summed E-state index contributed by atoms with van der Waals surface area (Å²) in [5, 5.41) is 11.5. The van der Waals surface area contributed by atoms with E-state index in [9.17, 15) is 8.42 Å². The highest BCUT2D eigenvalue weighted by Crippen LogP contribution is 2.41. The lowest BCUT2D eigenvalue weighted by atomic mass is 10.2. The second kappa shape index (κ2) is 5.57. The summed E-state index contributed by atoms with van der Waals surface area (Å²) in [4.78, 5) is 4.34. The highest BCUT2D eigenvalue weighted by atomic mass is 35.5. The van der Waals surface area contributed by atoms with Crippen molar-refractivity contribution >= 4 is 38.1 Å². The van der Waals surface area contributed by atoms with Crippen LogP contribution >= 0.6 is 22.9 Å². The maximum absolute atomic E-state index is 12.3. The summed E-state index contributed by atoms with van der Waals surface area (Å²) in [7, 11) is -3.72. The van der Waals surface area contributed by atoms with E-state index < -0.39 is 10.0 Å². The van der Waals surface area contributed by atoms with Crippen LogP contribution in [0.4, 0.5) is 5.13 Å². The molecule has 1 heterocycles. The summed E-state index contributed by atoms with van der Waals surface area (Å²) in [6.07, 6.45) is 2.24. The summed E-state index contributed by atoms with van der Waals surface area (Å²) in [5.74, 6) is 0.484. The highest BCUT2D eigenvalue weighted by Gasteiger charge is 2.27. The lowest BCUT2D eigenvalue weighted by molar-refractivity contribution is 0.282. The Bertz CT molecular complexity index is 769. The Balaban J connectivity index is 1.83. The minimum Gasteiger partial charge on any atom is -0.392 e. The van der Waals surface area contributed by atoms with E-state index in [1.807, 2.05) is 5.38 Å². The van der Waals surface area contributed by atoms with Gasteiger partial charge in [0.1, 0.15) is 0 Å². The van der Waals surface area contributed by atoms with Gasteiger partial charge < -0.3 is 5.11 Å². The van der Waals surface area contributed by atoms with Crippen molar-refractivity contribution in [1.29, 1.82) is 0 Å². The average Bonchev–Trinajstić information content (AvgIpc) is 3.19. The van der Waals surface area contributed by atoms with Gasteiger partial charge in [0, 0.05) is 16.3 Å². The zero-order valence-corrected chi connectivity index (χ0v) is 13.3. The molecule has 0 bridgehead atoms. The quantitative estimate of drug-likeness (QED) is 0.874. The van der Waals surface area contributed by atoms with Crippen molar-refractivity contribution in [2.45, 2.75) is 30.3 Å². The number of nitrogens with one attached hydrogen (secondary N) is 1. The lowest BCUT2D eigenvalue weighted by Gasteiger charge is -2.07. The number of nitrogens with zero attached hydrogens (tertiary/aromatic N) is 1. The number of anilines is 1. The standard InChI is InChI=1S/C13H13ClN2O3S2/c14-11-5-10(4-3-9(11)6-17)21(18,19)16-13-15-12(7-20-13)8-1-2-8/h3-5,7-8,17H,1-2,6H2,(H,15,16). The SMILES string of the molecule is O=S(=O)(Nc1nc(C2CC2)cs1)c1ccc(CO)c(Cl)c1. The van der Waals surface area contributed by atoms with Crippen LogP contribution in [0.5, 0.6) is 0 Å². The van der Waals surface area contributed by atoms with E-state index >= 15 is 0 Å². The smallest absolute Gasteiger partial charge is 0.263 e. The van der Waals surface area contributed by atoms with E-state index in [1.54, 1.807) is 0 Å². The molecule has 21 heavy (non-hydrogen) atoms. The third kappa shape index (κ3) is 3.21. The molecule has 0 aliphatic heterocycles. The van der Waals surface area contributed by atoms with E-state index in [0.29, 0.717) is 16.6 Å². The molecule has 2 N–H and O–H groups in total. The van der Waals surface area contributed by atoms with Gasteiger partial charge in [-0.3, -0.25) is 4.72 Å². The zero-order chi connectivity index (χ0) is 15.0. The largest absolute Gasteiger partial charge is 0.392 e. The van der Waals surface area contributed by atoms with E-state index in [4.69, 9.17) is 16.7 Å². The highest BCUT2D eigenvalue weighted by molar-refractivity contribution is 7.93. The fraction of sp³-hybridized carbons (Fsp3) is 0.308. The molecule has 3 rings (SSSR count). The Kier molecular flexibility index (Phi) is 3.92. The minimum atomic E-state index is -3.72. The number of aliphatic hydroxyl groups is 1. The maximum atomic E-state index is 12.3. The van der Waals surface area contributed by atoms with Crippen molar-refractivity contribution < 1.29 is 13.5 Å². The molecule has 8 heteroatoms. The Morgan fingerprint density at radius 1 is 1.43 bits per heavy atom. The van der Waals surface area contributed by atoms with Gasteiger partial charge in [-0.15, -0.1) is 11.3 Å². The van der Waals surface area contributed by atoms with Crippen molar-refractivity contribution in [2.75, 3.05) is 4.72 Å². The second-order valence-electron chi connectivity index (χ2n) is 4.87. The van der Waals surface area contributed by atoms with Gasteiger partial charge >= 0.3 is 0 Å². The molecule has 0 unspecified atom stereocenters.